The summed E-state index contributed by atoms with van der Waals surface area (Å²) < 4.78 is 22.7. The summed E-state index contributed by atoms with van der Waals surface area (Å²) in [4.78, 5) is 15.3. The third-order valence-corrected chi connectivity index (χ3v) is 2.98. The van der Waals surface area contributed by atoms with Crippen molar-refractivity contribution in [1.82, 2.24) is 20.1 Å². The van der Waals surface area contributed by atoms with Crippen LogP contribution in [-0.4, -0.2) is 41.4 Å². The first-order chi connectivity index (χ1) is 7.90. The zero-order chi connectivity index (χ0) is 12.9. The van der Waals surface area contributed by atoms with E-state index in [0.29, 0.717) is 0 Å². The van der Waals surface area contributed by atoms with Crippen molar-refractivity contribution in [2.75, 3.05) is 12.3 Å². The highest BCUT2D eigenvalue weighted by molar-refractivity contribution is 7.89. The van der Waals surface area contributed by atoms with Gasteiger partial charge in [0.25, 0.3) is 0 Å². The number of primary sulfonamides is 1. The highest BCUT2D eigenvalue weighted by Crippen LogP contribution is 2.01. The van der Waals surface area contributed by atoms with Crippen LogP contribution in [0.1, 0.15) is 19.4 Å². The van der Waals surface area contributed by atoms with Crippen LogP contribution >= 0.6 is 0 Å². The second-order valence-electron chi connectivity index (χ2n) is 3.56. The molecule has 0 radical (unpaired) electrons. The summed E-state index contributed by atoms with van der Waals surface area (Å²) in [6.45, 7) is 1.93. The minimum atomic E-state index is -3.46. The Balaban J connectivity index is 2.31. The van der Waals surface area contributed by atoms with Crippen molar-refractivity contribution in [3.05, 3.63) is 12.7 Å². The molecule has 9 heteroatoms. The first kappa shape index (κ1) is 13.6. The lowest BCUT2D eigenvalue weighted by atomic mass is 10.3. The minimum Gasteiger partial charge on any atom is -0.354 e. The maximum Gasteiger partial charge on any atom is 0.244 e. The molecule has 1 unspecified atom stereocenters. The van der Waals surface area contributed by atoms with Crippen molar-refractivity contribution in [1.29, 1.82) is 0 Å². The number of nitrogens with one attached hydrogen (secondary N) is 1. The monoisotopic (exact) mass is 261 g/mol. The maximum absolute atomic E-state index is 11.6. The van der Waals surface area contributed by atoms with Crippen LogP contribution < -0.4 is 10.5 Å². The van der Waals surface area contributed by atoms with Crippen LogP contribution in [-0.2, 0) is 14.8 Å². The van der Waals surface area contributed by atoms with E-state index < -0.39 is 16.1 Å². The van der Waals surface area contributed by atoms with E-state index >= 15 is 0 Å². The summed E-state index contributed by atoms with van der Waals surface area (Å²) in [6, 6.07) is -0.480. The maximum atomic E-state index is 11.6. The Kier molecular flexibility index (Phi) is 4.58. The van der Waals surface area contributed by atoms with Gasteiger partial charge >= 0.3 is 0 Å². The number of amides is 1. The quantitative estimate of drug-likeness (QED) is 0.612. The zero-order valence-corrected chi connectivity index (χ0v) is 10.2. The average Bonchev–Trinajstić information content (AvgIpc) is 2.74. The van der Waals surface area contributed by atoms with Crippen LogP contribution in [0.2, 0.25) is 0 Å². The summed E-state index contributed by atoms with van der Waals surface area (Å²) in [5.41, 5.74) is 0. The number of carbonyl (C=O) groups excluding carboxylic acids is 1. The Bertz CT molecular complexity index is 456. The lowest BCUT2D eigenvalue weighted by Gasteiger charge is -2.11. The van der Waals surface area contributed by atoms with Gasteiger partial charge in [0.15, 0.2) is 0 Å². The van der Waals surface area contributed by atoms with Gasteiger partial charge in [-0.15, -0.1) is 0 Å². The van der Waals surface area contributed by atoms with Gasteiger partial charge in [-0.2, -0.15) is 5.10 Å². The van der Waals surface area contributed by atoms with Gasteiger partial charge in [0.2, 0.25) is 15.9 Å². The van der Waals surface area contributed by atoms with E-state index in [1.807, 2.05) is 0 Å². The highest BCUT2D eigenvalue weighted by Gasteiger charge is 2.14. The smallest absolute Gasteiger partial charge is 0.244 e. The Labute approximate surface area is 99.3 Å². The molecule has 0 aromatic carbocycles. The normalized spacial score (nSPS) is 13.3. The number of rotatable bonds is 6. The van der Waals surface area contributed by atoms with Crippen LogP contribution in [0.4, 0.5) is 0 Å². The molecule has 0 aliphatic heterocycles. The molecule has 0 fully saturated rings. The summed E-state index contributed by atoms with van der Waals surface area (Å²) in [7, 11) is -3.46. The molecule has 1 amide bonds. The van der Waals surface area contributed by atoms with E-state index in [-0.39, 0.29) is 24.6 Å². The summed E-state index contributed by atoms with van der Waals surface area (Å²) >= 11 is 0. The van der Waals surface area contributed by atoms with Crippen molar-refractivity contribution in [3.8, 4) is 0 Å². The van der Waals surface area contributed by atoms with Gasteiger partial charge in [0, 0.05) is 6.54 Å². The van der Waals surface area contributed by atoms with Crippen molar-refractivity contribution in [2.24, 2.45) is 5.14 Å². The molecule has 1 rings (SSSR count). The fraction of sp³-hybridized carbons (Fsp3) is 0.625. The van der Waals surface area contributed by atoms with Crippen molar-refractivity contribution in [3.63, 3.8) is 0 Å². The molecule has 1 heterocycles. The molecule has 0 saturated heterocycles. The molecule has 0 saturated carbocycles. The van der Waals surface area contributed by atoms with E-state index in [1.165, 1.54) is 17.3 Å². The van der Waals surface area contributed by atoms with Crippen molar-refractivity contribution >= 4 is 15.9 Å². The van der Waals surface area contributed by atoms with Crippen LogP contribution in [0, 0.1) is 0 Å². The molecule has 1 aromatic rings. The van der Waals surface area contributed by atoms with Crippen molar-refractivity contribution < 1.29 is 13.2 Å². The Morgan fingerprint density at radius 3 is 2.82 bits per heavy atom. The number of hydrogen-bond acceptors (Lipinski definition) is 5. The number of sulfonamides is 1. The van der Waals surface area contributed by atoms with Gasteiger partial charge in [-0.3, -0.25) is 4.79 Å². The number of aromatic nitrogens is 3. The van der Waals surface area contributed by atoms with E-state index in [0.717, 1.165) is 0 Å². The van der Waals surface area contributed by atoms with E-state index in [2.05, 4.69) is 15.4 Å². The Morgan fingerprint density at radius 2 is 2.29 bits per heavy atom. The average molecular weight is 261 g/mol. The predicted octanol–water partition coefficient (Wildman–Crippen LogP) is -1.37. The molecule has 0 aliphatic rings. The largest absolute Gasteiger partial charge is 0.354 e. The zero-order valence-electron chi connectivity index (χ0n) is 9.41. The molecule has 1 atom stereocenters. The number of nitrogens with zero attached hydrogens (tertiary/aromatic N) is 3. The van der Waals surface area contributed by atoms with E-state index in [1.54, 1.807) is 6.92 Å². The second kappa shape index (κ2) is 5.73. The van der Waals surface area contributed by atoms with Gasteiger partial charge in [-0.25, -0.2) is 23.2 Å². The van der Waals surface area contributed by atoms with Crippen LogP contribution in [0.15, 0.2) is 12.7 Å². The predicted molar refractivity (Wildman–Crippen MR) is 60.3 cm³/mol. The lowest BCUT2D eigenvalue weighted by molar-refractivity contribution is -0.124. The molecular formula is C8H15N5O3S. The fourth-order valence-corrected chi connectivity index (χ4v) is 1.72. The van der Waals surface area contributed by atoms with Crippen LogP contribution in [0.5, 0.6) is 0 Å². The molecule has 17 heavy (non-hydrogen) atoms. The van der Waals surface area contributed by atoms with Gasteiger partial charge in [-0.05, 0) is 13.3 Å². The van der Waals surface area contributed by atoms with Gasteiger partial charge in [0.1, 0.15) is 18.7 Å². The summed E-state index contributed by atoms with van der Waals surface area (Å²) in [6.07, 6.45) is 3.06. The van der Waals surface area contributed by atoms with E-state index in [9.17, 15) is 13.2 Å². The minimum absolute atomic E-state index is 0.148. The lowest BCUT2D eigenvalue weighted by Crippen LogP contribution is -2.33. The number of hydrogen-bond donors (Lipinski definition) is 2. The third-order valence-electron chi connectivity index (χ3n) is 2.12. The Morgan fingerprint density at radius 1 is 1.59 bits per heavy atom. The molecule has 0 bridgehead atoms. The van der Waals surface area contributed by atoms with Gasteiger partial charge in [0.05, 0.1) is 5.75 Å². The number of nitrogens with two attached hydrogens (primary N) is 1. The van der Waals surface area contributed by atoms with Crippen LogP contribution in [0.25, 0.3) is 0 Å². The first-order valence-electron chi connectivity index (χ1n) is 5.02. The molecule has 8 nitrogen and oxygen atoms in total. The van der Waals surface area contributed by atoms with Gasteiger partial charge < -0.3 is 5.32 Å². The number of carbonyl (C=O) groups is 1. The molecule has 0 aliphatic carbocycles. The standard InChI is InChI=1S/C8H15N5O3S/c1-7(13-6-10-5-12-13)8(14)11-3-2-4-17(9,15)16/h5-7H,2-4H2,1H3,(H,11,14)(H2,9,15,16). The fourth-order valence-electron chi connectivity index (χ4n) is 1.17. The molecule has 96 valence electrons. The third kappa shape index (κ3) is 4.91. The topological polar surface area (TPSA) is 120 Å². The van der Waals surface area contributed by atoms with E-state index in [4.69, 9.17) is 5.14 Å². The summed E-state index contributed by atoms with van der Waals surface area (Å²) in [5, 5.41) is 11.3. The molecule has 3 N–H and O–H groups in total. The highest BCUT2D eigenvalue weighted by atomic mass is 32.2. The Hall–Kier alpha value is -1.48. The van der Waals surface area contributed by atoms with Crippen LogP contribution in [0.3, 0.4) is 0 Å². The van der Waals surface area contributed by atoms with Gasteiger partial charge in [-0.1, -0.05) is 0 Å². The second-order valence-corrected chi connectivity index (χ2v) is 5.30. The molecule has 1 aromatic heterocycles. The SMILES string of the molecule is CC(C(=O)NCCCS(N)(=O)=O)n1cncn1. The van der Waals surface area contributed by atoms with Crippen molar-refractivity contribution in [2.45, 2.75) is 19.4 Å². The molecule has 0 spiro atoms. The first-order valence-corrected chi connectivity index (χ1v) is 6.74. The molecular weight excluding hydrogens is 246 g/mol. The summed E-state index contributed by atoms with van der Waals surface area (Å²) in [5.74, 6) is -0.393.